The predicted octanol–water partition coefficient (Wildman–Crippen LogP) is 3.08. The molecule has 2 N–H and O–H groups in total. The molecule has 25 heavy (non-hydrogen) atoms. The van der Waals surface area contributed by atoms with E-state index in [0.717, 1.165) is 42.8 Å². The van der Waals surface area contributed by atoms with Crippen molar-refractivity contribution in [3.63, 3.8) is 0 Å². The normalized spacial score (nSPS) is 16.1. The van der Waals surface area contributed by atoms with Gasteiger partial charge in [-0.3, -0.25) is 9.78 Å². The van der Waals surface area contributed by atoms with Gasteiger partial charge in [0, 0.05) is 30.5 Å². The zero-order valence-electron chi connectivity index (χ0n) is 14.0. The van der Waals surface area contributed by atoms with E-state index in [4.69, 9.17) is 4.74 Å². The maximum absolute atomic E-state index is 12.4. The lowest BCUT2D eigenvalue weighted by atomic mass is 10.0. The molecule has 0 bridgehead atoms. The minimum absolute atomic E-state index is 0. The Morgan fingerprint density at radius 3 is 2.60 bits per heavy atom. The van der Waals surface area contributed by atoms with Gasteiger partial charge >= 0.3 is 0 Å². The van der Waals surface area contributed by atoms with Gasteiger partial charge < -0.3 is 15.4 Å². The summed E-state index contributed by atoms with van der Waals surface area (Å²) >= 11 is 0. The summed E-state index contributed by atoms with van der Waals surface area (Å²) in [6.45, 7) is 1.86. The molecule has 0 aliphatic carbocycles. The largest absolute Gasteiger partial charge is 0.497 e. The first-order chi connectivity index (χ1) is 11.3. The minimum Gasteiger partial charge on any atom is -0.497 e. The van der Waals surface area contributed by atoms with Crippen LogP contribution in [0.1, 0.15) is 23.2 Å². The zero-order valence-corrected chi connectivity index (χ0v) is 15.7. The quantitative estimate of drug-likeness (QED) is 0.851. The van der Waals surface area contributed by atoms with E-state index in [9.17, 15) is 4.79 Å². The van der Waals surface area contributed by atoms with Crippen molar-refractivity contribution in [2.24, 2.45) is 0 Å². The molecule has 0 radical (unpaired) electrons. The van der Waals surface area contributed by atoms with Gasteiger partial charge in [0.05, 0.1) is 12.7 Å². The lowest BCUT2D eigenvalue weighted by Gasteiger charge is -2.23. The molecule has 0 unspecified atom stereocenters. The Bertz CT molecular complexity index is 674. The molecule has 3 rings (SSSR count). The minimum atomic E-state index is -0.0680. The van der Waals surface area contributed by atoms with Crippen molar-refractivity contribution in [2.45, 2.75) is 18.9 Å². The number of amides is 1. The highest BCUT2D eigenvalue weighted by atomic mass is 35.5. The summed E-state index contributed by atoms with van der Waals surface area (Å²) in [7, 11) is 1.64. The number of hydrogen-bond donors (Lipinski definition) is 2. The van der Waals surface area contributed by atoms with E-state index in [-0.39, 0.29) is 36.8 Å². The maximum atomic E-state index is 12.4. The Morgan fingerprint density at radius 1 is 1.20 bits per heavy atom. The van der Waals surface area contributed by atoms with Crippen molar-refractivity contribution >= 4 is 30.7 Å². The number of nitrogens with zero attached hydrogens (tertiary/aromatic N) is 1. The third-order valence-electron chi connectivity index (χ3n) is 4.06. The van der Waals surface area contributed by atoms with E-state index in [2.05, 4.69) is 15.6 Å². The van der Waals surface area contributed by atoms with Crippen LogP contribution in [0.25, 0.3) is 11.1 Å². The number of hydrogen-bond acceptors (Lipinski definition) is 4. The number of carbonyl (C=O) groups excluding carboxylic acids is 1. The number of carbonyl (C=O) groups is 1. The van der Waals surface area contributed by atoms with Crippen molar-refractivity contribution in [3.05, 3.63) is 48.3 Å². The predicted molar refractivity (Wildman–Crippen MR) is 104 cm³/mol. The van der Waals surface area contributed by atoms with Crippen LogP contribution in [0.4, 0.5) is 0 Å². The highest BCUT2D eigenvalue weighted by Gasteiger charge is 2.16. The van der Waals surface area contributed by atoms with Crippen molar-refractivity contribution in [1.82, 2.24) is 15.6 Å². The van der Waals surface area contributed by atoms with Crippen LogP contribution in [0.5, 0.6) is 5.75 Å². The molecule has 1 aromatic heterocycles. The molecule has 2 aromatic rings. The fourth-order valence-electron chi connectivity index (χ4n) is 2.75. The van der Waals surface area contributed by atoms with Crippen LogP contribution in [-0.4, -0.2) is 37.1 Å². The van der Waals surface area contributed by atoms with Gasteiger partial charge in [-0.15, -0.1) is 24.8 Å². The van der Waals surface area contributed by atoms with E-state index in [1.54, 1.807) is 19.5 Å². The summed E-state index contributed by atoms with van der Waals surface area (Å²) in [6, 6.07) is 9.79. The van der Waals surface area contributed by atoms with E-state index >= 15 is 0 Å². The first kappa shape index (κ1) is 21.2. The second-order valence-corrected chi connectivity index (χ2v) is 5.71. The average molecular weight is 384 g/mol. The number of pyridine rings is 1. The molecule has 1 amide bonds. The Hall–Kier alpha value is -1.82. The van der Waals surface area contributed by atoms with Crippen LogP contribution in [0.2, 0.25) is 0 Å². The summed E-state index contributed by atoms with van der Waals surface area (Å²) in [5.41, 5.74) is 2.51. The molecule has 1 atom stereocenters. The van der Waals surface area contributed by atoms with Crippen LogP contribution in [0, 0.1) is 0 Å². The van der Waals surface area contributed by atoms with Crippen molar-refractivity contribution in [3.8, 4) is 16.9 Å². The highest BCUT2D eigenvalue weighted by molar-refractivity contribution is 5.95. The molecule has 1 aliphatic rings. The van der Waals surface area contributed by atoms with E-state index in [1.807, 2.05) is 30.3 Å². The van der Waals surface area contributed by atoms with Gasteiger partial charge in [-0.1, -0.05) is 12.1 Å². The zero-order chi connectivity index (χ0) is 16.1. The number of halogens is 2. The maximum Gasteiger partial charge on any atom is 0.253 e. The lowest BCUT2D eigenvalue weighted by molar-refractivity contribution is 0.0930. The number of benzene rings is 1. The fourth-order valence-corrected chi connectivity index (χ4v) is 2.75. The number of methoxy groups -OCH3 is 1. The smallest absolute Gasteiger partial charge is 0.253 e. The molecule has 1 aliphatic heterocycles. The van der Waals surface area contributed by atoms with Crippen molar-refractivity contribution in [1.29, 1.82) is 0 Å². The molecule has 1 saturated heterocycles. The third-order valence-corrected chi connectivity index (χ3v) is 4.06. The molecule has 136 valence electrons. The SMILES string of the molecule is COc1ccc(-c2cncc(C(=O)N[C@H]3CCCNC3)c2)cc1.Cl.Cl. The molecule has 1 fully saturated rings. The summed E-state index contributed by atoms with van der Waals surface area (Å²) in [4.78, 5) is 16.6. The summed E-state index contributed by atoms with van der Waals surface area (Å²) < 4.78 is 5.17. The standard InChI is InChI=1S/C18H21N3O2.2ClH/c1-23-17-6-4-13(5-7-17)14-9-15(11-20-10-14)18(22)21-16-3-2-8-19-12-16;;/h4-7,9-11,16,19H,2-3,8,12H2,1H3,(H,21,22);2*1H/t16-;;/m0../s1. The molecule has 1 aromatic carbocycles. The Kier molecular flexibility index (Phi) is 8.69. The molecule has 5 nitrogen and oxygen atoms in total. The van der Waals surface area contributed by atoms with Gasteiger partial charge in [0.1, 0.15) is 5.75 Å². The van der Waals surface area contributed by atoms with Gasteiger partial charge in [0.25, 0.3) is 5.91 Å². The lowest BCUT2D eigenvalue weighted by Crippen LogP contribution is -2.45. The second kappa shape index (κ2) is 10.2. The second-order valence-electron chi connectivity index (χ2n) is 5.71. The summed E-state index contributed by atoms with van der Waals surface area (Å²) in [6.07, 6.45) is 5.48. The fraction of sp³-hybridized carbons (Fsp3) is 0.333. The van der Waals surface area contributed by atoms with Gasteiger partial charge in [-0.05, 0) is 43.1 Å². The molecule has 7 heteroatoms. The Balaban J connectivity index is 0.00000156. The van der Waals surface area contributed by atoms with Gasteiger partial charge in [0.2, 0.25) is 0 Å². The van der Waals surface area contributed by atoms with Crippen molar-refractivity contribution in [2.75, 3.05) is 20.2 Å². The Morgan fingerprint density at radius 2 is 1.96 bits per heavy atom. The van der Waals surface area contributed by atoms with Crippen molar-refractivity contribution < 1.29 is 9.53 Å². The topological polar surface area (TPSA) is 63.2 Å². The average Bonchev–Trinajstić information content (AvgIpc) is 2.63. The van der Waals surface area contributed by atoms with E-state index in [1.165, 1.54) is 0 Å². The van der Waals surface area contributed by atoms with Crippen LogP contribution < -0.4 is 15.4 Å². The summed E-state index contributed by atoms with van der Waals surface area (Å²) in [5, 5.41) is 6.37. The highest BCUT2D eigenvalue weighted by Crippen LogP contribution is 2.22. The van der Waals surface area contributed by atoms with Crippen LogP contribution in [0.3, 0.4) is 0 Å². The molecular weight excluding hydrogens is 361 g/mol. The first-order valence-corrected chi connectivity index (χ1v) is 7.87. The Labute approximate surface area is 160 Å². The number of rotatable bonds is 4. The number of nitrogens with one attached hydrogen (secondary N) is 2. The number of ether oxygens (including phenoxy) is 1. The molecule has 2 heterocycles. The summed E-state index contributed by atoms with van der Waals surface area (Å²) in [5.74, 6) is 0.738. The van der Waals surface area contributed by atoms with Gasteiger partial charge in [0.15, 0.2) is 0 Å². The van der Waals surface area contributed by atoms with Gasteiger partial charge in [-0.25, -0.2) is 0 Å². The molecule has 0 spiro atoms. The first-order valence-electron chi connectivity index (χ1n) is 7.87. The number of aromatic nitrogens is 1. The monoisotopic (exact) mass is 383 g/mol. The molecule has 0 saturated carbocycles. The van der Waals surface area contributed by atoms with Crippen LogP contribution in [-0.2, 0) is 0 Å². The van der Waals surface area contributed by atoms with Crippen LogP contribution >= 0.6 is 24.8 Å². The van der Waals surface area contributed by atoms with E-state index in [0.29, 0.717) is 5.56 Å². The third kappa shape index (κ3) is 5.59. The number of piperidine rings is 1. The van der Waals surface area contributed by atoms with E-state index < -0.39 is 0 Å². The van der Waals surface area contributed by atoms with Crippen LogP contribution in [0.15, 0.2) is 42.7 Å². The molecular formula is C18H23Cl2N3O2. The van der Waals surface area contributed by atoms with Gasteiger partial charge in [-0.2, -0.15) is 0 Å².